The average molecular weight is 353 g/mol. The van der Waals surface area contributed by atoms with Crippen molar-refractivity contribution in [2.45, 2.75) is 30.7 Å². The number of oxazole rings is 1. The maximum atomic E-state index is 11.3. The lowest BCUT2D eigenvalue weighted by Crippen LogP contribution is -2.14. The lowest BCUT2D eigenvalue weighted by atomic mass is 10.0. The van der Waals surface area contributed by atoms with E-state index in [0.717, 1.165) is 34.1 Å². The fourth-order valence-electron chi connectivity index (χ4n) is 2.47. The van der Waals surface area contributed by atoms with Crippen molar-refractivity contribution in [3.8, 4) is 22.6 Å². The van der Waals surface area contributed by atoms with Crippen LogP contribution in [0.4, 0.5) is 0 Å². The third-order valence-corrected chi connectivity index (χ3v) is 5.05. The van der Waals surface area contributed by atoms with E-state index in [9.17, 15) is 9.90 Å². The monoisotopic (exact) mass is 353 g/mol. The van der Waals surface area contributed by atoms with Gasteiger partial charge in [-0.1, -0.05) is 78.8 Å². The molecule has 0 saturated heterocycles. The van der Waals surface area contributed by atoms with E-state index in [-0.39, 0.29) is 0 Å². The van der Waals surface area contributed by atoms with Gasteiger partial charge >= 0.3 is 5.97 Å². The van der Waals surface area contributed by atoms with Crippen LogP contribution in [0.1, 0.15) is 18.9 Å². The molecule has 128 valence electrons. The number of hydrogen-bond acceptors (Lipinski definition) is 4. The molecule has 0 aliphatic rings. The van der Waals surface area contributed by atoms with E-state index in [1.165, 1.54) is 0 Å². The van der Waals surface area contributed by atoms with Crippen LogP contribution >= 0.6 is 11.8 Å². The molecule has 5 heteroatoms. The molecule has 0 aliphatic heterocycles. The summed E-state index contributed by atoms with van der Waals surface area (Å²) in [6, 6.07) is 17.8. The molecule has 1 unspecified atom stereocenters. The molecule has 1 atom stereocenters. The zero-order valence-corrected chi connectivity index (χ0v) is 14.9. The Morgan fingerprint density at radius 3 is 2.40 bits per heavy atom. The molecule has 1 aromatic heterocycles. The quantitative estimate of drug-likeness (QED) is 0.611. The summed E-state index contributed by atoms with van der Waals surface area (Å²) in [6.07, 6.45) is 0.503. The van der Waals surface area contributed by atoms with E-state index < -0.39 is 11.2 Å². The van der Waals surface area contributed by atoms with E-state index in [2.05, 4.69) is 4.98 Å². The number of aromatic nitrogens is 1. The number of aryl methyl sites for hydroxylation is 1. The summed E-state index contributed by atoms with van der Waals surface area (Å²) in [5, 5.41) is 9.09. The SMILES string of the molecule is CCC(Sc1nc(-c2ccccc2)c(-c2ccc(C)cc2)o1)C(=O)O. The minimum Gasteiger partial charge on any atom is -0.480 e. The highest BCUT2D eigenvalue weighted by molar-refractivity contribution is 8.00. The third kappa shape index (κ3) is 3.94. The normalized spacial score (nSPS) is 12.1. The first-order chi connectivity index (χ1) is 12.1. The van der Waals surface area contributed by atoms with Crippen molar-refractivity contribution in [3.63, 3.8) is 0 Å². The Balaban J connectivity index is 2.05. The van der Waals surface area contributed by atoms with Crippen molar-refractivity contribution in [2.24, 2.45) is 0 Å². The van der Waals surface area contributed by atoms with E-state index in [0.29, 0.717) is 17.4 Å². The van der Waals surface area contributed by atoms with Gasteiger partial charge in [-0.3, -0.25) is 4.79 Å². The van der Waals surface area contributed by atoms with E-state index >= 15 is 0 Å². The molecule has 0 fully saturated rings. The zero-order valence-electron chi connectivity index (χ0n) is 14.1. The number of carboxylic acids is 1. The molecule has 0 bridgehead atoms. The van der Waals surface area contributed by atoms with Gasteiger partial charge in [-0.25, -0.2) is 4.98 Å². The van der Waals surface area contributed by atoms with Crippen LogP contribution in [0, 0.1) is 6.92 Å². The van der Waals surface area contributed by atoms with Gasteiger partial charge in [0, 0.05) is 11.1 Å². The Labute approximate surface area is 150 Å². The first-order valence-electron chi connectivity index (χ1n) is 8.11. The number of rotatable bonds is 6. The first kappa shape index (κ1) is 17.3. The third-order valence-electron chi connectivity index (χ3n) is 3.86. The standard InChI is InChI=1S/C20H19NO3S/c1-3-16(19(22)23)25-20-21-17(14-7-5-4-6-8-14)18(24-20)15-11-9-13(2)10-12-15/h4-12,16H,3H2,1-2H3,(H,22,23). The average Bonchev–Trinajstić information content (AvgIpc) is 3.05. The minimum absolute atomic E-state index is 0.378. The van der Waals surface area contributed by atoms with Crippen molar-refractivity contribution in [1.29, 1.82) is 0 Å². The van der Waals surface area contributed by atoms with Crippen molar-refractivity contribution in [3.05, 3.63) is 60.2 Å². The molecule has 25 heavy (non-hydrogen) atoms. The van der Waals surface area contributed by atoms with Crippen LogP contribution in [0.3, 0.4) is 0 Å². The molecule has 0 spiro atoms. The van der Waals surface area contributed by atoms with E-state index in [1.807, 2.05) is 68.4 Å². The number of thioether (sulfide) groups is 1. The highest BCUT2D eigenvalue weighted by Gasteiger charge is 2.23. The van der Waals surface area contributed by atoms with Gasteiger partial charge < -0.3 is 9.52 Å². The summed E-state index contributed by atoms with van der Waals surface area (Å²) in [4.78, 5) is 15.9. The topological polar surface area (TPSA) is 63.3 Å². The van der Waals surface area contributed by atoms with Crippen LogP contribution < -0.4 is 0 Å². The molecule has 0 amide bonds. The molecule has 1 heterocycles. The maximum Gasteiger partial charge on any atom is 0.317 e. The fourth-order valence-corrected chi connectivity index (χ4v) is 3.26. The summed E-state index contributed by atoms with van der Waals surface area (Å²) in [6.45, 7) is 3.87. The van der Waals surface area contributed by atoms with Crippen LogP contribution in [-0.4, -0.2) is 21.3 Å². The van der Waals surface area contributed by atoms with Crippen molar-refractivity contribution in [2.75, 3.05) is 0 Å². The molecule has 3 aromatic rings. The number of nitrogens with zero attached hydrogens (tertiary/aromatic N) is 1. The van der Waals surface area contributed by atoms with Gasteiger partial charge in [0.1, 0.15) is 10.9 Å². The molecule has 0 aliphatic carbocycles. The minimum atomic E-state index is -0.858. The van der Waals surface area contributed by atoms with Crippen LogP contribution in [0.15, 0.2) is 64.2 Å². The van der Waals surface area contributed by atoms with Crippen LogP contribution in [0.2, 0.25) is 0 Å². The Hall–Kier alpha value is -2.53. The summed E-state index contributed by atoms with van der Waals surface area (Å²) in [7, 11) is 0. The van der Waals surface area contributed by atoms with Gasteiger partial charge in [0.15, 0.2) is 5.76 Å². The second kappa shape index (κ2) is 7.57. The summed E-state index contributed by atoms with van der Waals surface area (Å²) in [5.41, 5.74) is 3.76. The van der Waals surface area contributed by atoms with E-state index in [1.54, 1.807) is 0 Å². The van der Waals surface area contributed by atoms with Gasteiger partial charge in [-0.05, 0) is 13.3 Å². The van der Waals surface area contributed by atoms with Gasteiger partial charge in [0.25, 0.3) is 5.22 Å². The predicted molar refractivity (Wildman–Crippen MR) is 99.7 cm³/mol. The number of carbonyl (C=O) groups is 1. The smallest absolute Gasteiger partial charge is 0.317 e. The molecule has 3 rings (SSSR count). The first-order valence-corrected chi connectivity index (χ1v) is 8.99. The van der Waals surface area contributed by atoms with Crippen LogP contribution in [0.25, 0.3) is 22.6 Å². The molecule has 0 radical (unpaired) electrons. The highest BCUT2D eigenvalue weighted by Crippen LogP contribution is 2.37. The van der Waals surface area contributed by atoms with Gasteiger partial charge in [0.05, 0.1) is 0 Å². The lowest BCUT2D eigenvalue weighted by Gasteiger charge is -2.04. The molecule has 0 saturated carbocycles. The lowest BCUT2D eigenvalue weighted by molar-refractivity contribution is -0.136. The maximum absolute atomic E-state index is 11.3. The highest BCUT2D eigenvalue weighted by atomic mass is 32.2. The molecular formula is C20H19NO3S. The van der Waals surface area contributed by atoms with Crippen LogP contribution in [0.5, 0.6) is 0 Å². The van der Waals surface area contributed by atoms with E-state index in [4.69, 9.17) is 4.42 Å². The Bertz CT molecular complexity index is 856. The van der Waals surface area contributed by atoms with Gasteiger partial charge in [-0.15, -0.1) is 0 Å². The summed E-state index contributed by atoms with van der Waals surface area (Å²) >= 11 is 1.15. The van der Waals surface area contributed by atoms with Crippen molar-refractivity contribution >= 4 is 17.7 Å². The second-order valence-electron chi connectivity index (χ2n) is 5.74. The van der Waals surface area contributed by atoms with Crippen molar-refractivity contribution in [1.82, 2.24) is 4.98 Å². The summed E-state index contributed by atoms with van der Waals surface area (Å²) in [5.74, 6) is -0.196. The number of benzene rings is 2. The van der Waals surface area contributed by atoms with Crippen molar-refractivity contribution < 1.29 is 14.3 Å². The Morgan fingerprint density at radius 1 is 1.12 bits per heavy atom. The number of hydrogen-bond donors (Lipinski definition) is 1. The van der Waals surface area contributed by atoms with Gasteiger partial charge in [0.2, 0.25) is 0 Å². The predicted octanol–water partition coefficient (Wildman–Crippen LogP) is 5.27. The zero-order chi connectivity index (χ0) is 17.8. The molecule has 1 N–H and O–H groups in total. The Morgan fingerprint density at radius 2 is 1.80 bits per heavy atom. The largest absolute Gasteiger partial charge is 0.480 e. The molecule has 2 aromatic carbocycles. The Kier molecular flexibility index (Phi) is 5.24. The molecular weight excluding hydrogens is 334 g/mol. The number of carboxylic acid groups (broad SMARTS) is 1. The second-order valence-corrected chi connectivity index (χ2v) is 6.90. The number of aliphatic carboxylic acids is 1. The van der Waals surface area contributed by atoms with Gasteiger partial charge in [-0.2, -0.15) is 0 Å². The fraction of sp³-hybridized carbons (Fsp3) is 0.200. The molecule has 4 nitrogen and oxygen atoms in total. The summed E-state index contributed by atoms with van der Waals surface area (Å²) < 4.78 is 5.97. The van der Waals surface area contributed by atoms with Crippen LogP contribution in [-0.2, 0) is 4.79 Å².